The van der Waals surface area contributed by atoms with E-state index in [0.29, 0.717) is 12.8 Å². The van der Waals surface area contributed by atoms with Crippen LogP contribution in [-0.2, 0) is 65.0 Å². The first kappa shape index (κ1) is 50.5. The summed E-state index contributed by atoms with van der Waals surface area (Å²) in [5.74, 6) is -1.33. The zero-order valence-electron chi connectivity index (χ0n) is 37.0. The summed E-state index contributed by atoms with van der Waals surface area (Å²) in [4.78, 5) is 49.7. The zero-order chi connectivity index (χ0) is 47.6. The second kappa shape index (κ2) is 23.3. The minimum Gasteiger partial charge on any atom is -0.438 e. The SMILES string of the molecule is CCCCCCCC(=O)OCOP1(=O)CO[C@H]2[C@@H](F)[C@H](n3cnc4c(N)ncnc43)O[C@@H]2COP(=O)(OCOC(=O)CCCCCCC)O[C@H]2[C@@H](F)[C@H](n3cnc4c(N)ncnc43)O[C@@H]2CO1. The van der Waals surface area contributed by atoms with Crippen LogP contribution in [0.4, 0.5) is 20.4 Å². The monoisotopic (exact) mass is 988 g/mol. The molecular formula is C39H56F2N10O14P2. The Kier molecular flexibility index (Phi) is 17.6. The molecule has 10 atom stereocenters. The summed E-state index contributed by atoms with van der Waals surface area (Å²) >= 11 is 0. The molecule has 7 rings (SSSR count). The first-order valence-corrected chi connectivity index (χ1v) is 25.4. The van der Waals surface area contributed by atoms with Gasteiger partial charge < -0.3 is 39.7 Å². The fourth-order valence-corrected chi connectivity index (χ4v) is 10.1. The van der Waals surface area contributed by atoms with Crippen LogP contribution >= 0.6 is 15.4 Å². The lowest BCUT2D eigenvalue weighted by Crippen LogP contribution is -2.35. The molecule has 24 nitrogen and oxygen atoms in total. The van der Waals surface area contributed by atoms with Gasteiger partial charge in [-0.15, -0.1) is 0 Å². The molecule has 0 saturated carbocycles. The molecule has 0 aromatic carbocycles. The van der Waals surface area contributed by atoms with Crippen LogP contribution < -0.4 is 11.5 Å². The van der Waals surface area contributed by atoms with E-state index in [9.17, 15) is 18.7 Å². The van der Waals surface area contributed by atoms with Gasteiger partial charge in [0, 0.05) is 12.8 Å². The number of unbranched alkanes of at least 4 members (excludes halogenated alkanes) is 8. The summed E-state index contributed by atoms with van der Waals surface area (Å²) in [6, 6.07) is 0. The Labute approximate surface area is 383 Å². The maximum Gasteiger partial charge on any atom is 0.478 e. The van der Waals surface area contributed by atoms with Gasteiger partial charge in [-0.1, -0.05) is 65.2 Å². The Balaban J connectivity index is 1.17. The molecule has 0 amide bonds. The molecule has 4 aromatic heterocycles. The predicted octanol–water partition coefficient (Wildman–Crippen LogP) is 6.13. The first-order valence-electron chi connectivity index (χ1n) is 22.2. The van der Waals surface area contributed by atoms with Crippen molar-refractivity contribution in [3.8, 4) is 0 Å². The van der Waals surface area contributed by atoms with E-state index in [0.717, 1.165) is 64.0 Å². The van der Waals surface area contributed by atoms with Gasteiger partial charge in [0.25, 0.3) is 0 Å². The van der Waals surface area contributed by atoms with Crippen LogP contribution in [-0.4, -0.2) is 121 Å². The number of rotatable bonds is 20. The summed E-state index contributed by atoms with van der Waals surface area (Å²) in [6.45, 7) is 0.634. The topological polar surface area (TPSA) is 300 Å². The van der Waals surface area contributed by atoms with Crippen molar-refractivity contribution >= 4 is 61.3 Å². The highest BCUT2D eigenvalue weighted by Crippen LogP contribution is 2.56. The highest BCUT2D eigenvalue weighted by Gasteiger charge is 2.54. The molecule has 7 heterocycles. The number of halogens is 2. The number of hydrogen-bond acceptors (Lipinski definition) is 22. The molecule has 0 bridgehead atoms. The number of fused-ring (bicyclic) bond motifs is 4. The third kappa shape index (κ3) is 12.5. The molecule has 3 saturated heterocycles. The lowest BCUT2D eigenvalue weighted by atomic mass is 10.1. The number of nitrogen functional groups attached to an aromatic ring is 2. The van der Waals surface area contributed by atoms with Crippen molar-refractivity contribution in [2.45, 2.75) is 140 Å². The van der Waals surface area contributed by atoms with Crippen LogP contribution in [0.25, 0.3) is 22.3 Å². The Morgan fingerprint density at radius 3 is 1.73 bits per heavy atom. The van der Waals surface area contributed by atoms with Gasteiger partial charge in [-0.2, -0.15) is 0 Å². The third-order valence-corrected chi connectivity index (χ3v) is 14.1. The Hall–Kier alpha value is -4.36. The minimum atomic E-state index is -5.11. The number of anilines is 2. The molecule has 0 radical (unpaired) electrons. The smallest absolute Gasteiger partial charge is 0.438 e. The summed E-state index contributed by atoms with van der Waals surface area (Å²) in [5.41, 5.74) is 12.3. The van der Waals surface area contributed by atoms with Crippen LogP contribution in [0.3, 0.4) is 0 Å². The van der Waals surface area contributed by atoms with Gasteiger partial charge in [0.1, 0.15) is 54.5 Å². The number of carbonyl (C=O) groups excluding carboxylic acids is 2. The molecule has 28 heteroatoms. The average molecular weight is 989 g/mol. The van der Waals surface area contributed by atoms with Gasteiger partial charge in [-0.3, -0.25) is 36.9 Å². The summed E-state index contributed by atoms with van der Waals surface area (Å²) < 4.78 is 122. The second-order valence-corrected chi connectivity index (χ2v) is 19.6. The van der Waals surface area contributed by atoms with E-state index in [1.165, 1.54) is 21.8 Å². The van der Waals surface area contributed by atoms with Crippen molar-refractivity contribution < 1.29 is 73.8 Å². The van der Waals surface area contributed by atoms with Crippen molar-refractivity contribution in [2.24, 2.45) is 0 Å². The molecule has 3 aliphatic rings. The Morgan fingerprint density at radius 1 is 0.687 bits per heavy atom. The van der Waals surface area contributed by atoms with Gasteiger partial charge in [-0.25, -0.2) is 47.8 Å². The number of ether oxygens (including phenoxy) is 5. The molecular weight excluding hydrogens is 932 g/mol. The third-order valence-electron chi connectivity index (χ3n) is 11.2. The highest BCUT2D eigenvalue weighted by atomic mass is 31.2. The van der Waals surface area contributed by atoms with Crippen molar-refractivity contribution in [3.63, 3.8) is 0 Å². The first-order chi connectivity index (χ1) is 32.3. The van der Waals surface area contributed by atoms with Crippen LogP contribution in [0.1, 0.15) is 103 Å². The average Bonchev–Trinajstić information content (AvgIpc) is 4.08. The Morgan fingerprint density at radius 2 is 1.18 bits per heavy atom. The molecule has 3 aliphatic heterocycles. The molecule has 0 aliphatic carbocycles. The highest BCUT2D eigenvalue weighted by molar-refractivity contribution is 7.53. The van der Waals surface area contributed by atoms with Crippen molar-refractivity contribution in [3.05, 3.63) is 25.3 Å². The van der Waals surface area contributed by atoms with E-state index in [4.69, 9.17) is 57.8 Å². The Bertz CT molecular complexity index is 2390. The van der Waals surface area contributed by atoms with E-state index in [1.54, 1.807) is 0 Å². The second-order valence-electron chi connectivity index (χ2n) is 16.0. The summed E-state index contributed by atoms with van der Waals surface area (Å²) in [5, 5.41) is 0. The normalized spacial score (nSPS) is 29.2. The molecule has 370 valence electrons. The van der Waals surface area contributed by atoms with Gasteiger partial charge in [0.15, 0.2) is 47.7 Å². The number of phosphoric ester groups is 1. The molecule has 0 spiro atoms. The quantitative estimate of drug-likeness (QED) is 0.0435. The maximum absolute atomic E-state index is 17.0. The van der Waals surface area contributed by atoms with E-state index >= 15 is 8.78 Å². The van der Waals surface area contributed by atoms with Crippen LogP contribution in [0.2, 0.25) is 0 Å². The lowest BCUT2D eigenvalue weighted by molar-refractivity contribution is -0.152. The molecule has 3 fully saturated rings. The number of nitrogens with two attached hydrogens (primary N) is 2. The van der Waals surface area contributed by atoms with E-state index in [2.05, 4.69) is 43.8 Å². The number of esters is 2. The number of alkyl halides is 2. The number of imidazole rings is 2. The van der Waals surface area contributed by atoms with Crippen LogP contribution in [0, 0.1) is 0 Å². The number of phosphoric acid groups is 1. The van der Waals surface area contributed by atoms with Crippen molar-refractivity contribution in [2.75, 3.05) is 44.6 Å². The molecule has 2 unspecified atom stereocenters. The van der Waals surface area contributed by atoms with E-state index in [-0.39, 0.29) is 46.8 Å². The van der Waals surface area contributed by atoms with E-state index < -0.39 is 110 Å². The van der Waals surface area contributed by atoms with Crippen molar-refractivity contribution in [1.29, 1.82) is 0 Å². The molecule has 4 N–H and O–H groups in total. The largest absolute Gasteiger partial charge is 0.478 e. The van der Waals surface area contributed by atoms with Crippen LogP contribution in [0.5, 0.6) is 0 Å². The number of hydrogen-bond donors (Lipinski definition) is 2. The van der Waals surface area contributed by atoms with E-state index in [1.807, 2.05) is 0 Å². The number of nitrogens with zero attached hydrogens (tertiary/aromatic N) is 8. The standard InChI is InChI=1S/C39H56F2N10O14P2/c1-3-5-7-9-11-13-26(52)56-21-61-66(54)23-58-32-24(63-38(28(32)40)50-19-48-30-34(42)44-17-46-36(30)50)16-60-67(55,62-22-57-27(53)14-12-10-8-6-4-2)65-33-25(15-59-66)64-39(29(33)41)51-20-49-31-35(43)45-18-47-37(31)51/h17-20,24-25,28-29,32-33,38-39H,3-16,21-23H2,1-2H3,(H2,42,44,46)(H2,43,45,47)/t24-,25-,28-,29-,32-,33-,38-,39-,66?,67?/m1/s1. The predicted molar refractivity (Wildman–Crippen MR) is 230 cm³/mol. The van der Waals surface area contributed by atoms with Gasteiger partial charge in [0.05, 0.1) is 25.9 Å². The summed E-state index contributed by atoms with van der Waals surface area (Å²) in [6.07, 6.45) is -1.94. The number of aromatic nitrogens is 8. The van der Waals surface area contributed by atoms with Gasteiger partial charge in [-0.05, 0) is 12.8 Å². The lowest BCUT2D eigenvalue weighted by Gasteiger charge is -2.26. The zero-order valence-corrected chi connectivity index (χ0v) is 38.8. The van der Waals surface area contributed by atoms with Gasteiger partial charge >= 0.3 is 27.4 Å². The fourth-order valence-electron chi connectivity index (χ4n) is 7.65. The molecule has 4 aromatic rings. The van der Waals surface area contributed by atoms with Crippen molar-refractivity contribution in [1.82, 2.24) is 39.0 Å². The van der Waals surface area contributed by atoms with Crippen LogP contribution in [0.15, 0.2) is 25.3 Å². The fraction of sp³-hybridized carbons (Fsp3) is 0.692. The summed E-state index contributed by atoms with van der Waals surface area (Å²) in [7, 11) is -9.75. The maximum atomic E-state index is 17.0. The number of carbonyl (C=O) groups is 2. The van der Waals surface area contributed by atoms with Gasteiger partial charge in [0.2, 0.25) is 13.6 Å². The molecule has 67 heavy (non-hydrogen) atoms. The minimum absolute atomic E-state index is 0.000356.